The van der Waals surface area contributed by atoms with Gasteiger partial charge in [0.2, 0.25) is 0 Å². The van der Waals surface area contributed by atoms with Gasteiger partial charge in [-0.15, -0.1) is 11.3 Å². The Balaban J connectivity index is 1.50. The van der Waals surface area contributed by atoms with Crippen LogP contribution >= 0.6 is 11.3 Å². The first-order valence-corrected chi connectivity index (χ1v) is 9.32. The second-order valence-electron chi connectivity index (χ2n) is 6.19. The molecule has 2 heterocycles. The van der Waals surface area contributed by atoms with E-state index in [-0.39, 0.29) is 5.78 Å². The molecule has 2 aromatic heterocycles. The fraction of sp³-hybridized carbons (Fsp3) is 0.190. The second-order valence-corrected chi connectivity index (χ2v) is 7.25. The van der Waals surface area contributed by atoms with E-state index in [1.165, 1.54) is 24.0 Å². The SMILES string of the molecule is O=C(/C=C/c1cnc(-c2ccncc2)s1)c1ccc2c(c1)CCCC2. The third-order valence-corrected chi connectivity index (χ3v) is 5.49. The van der Waals surface area contributed by atoms with E-state index in [0.717, 1.165) is 33.9 Å². The minimum absolute atomic E-state index is 0.0484. The molecular weight excluding hydrogens is 328 g/mol. The van der Waals surface area contributed by atoms with Crippen molar-refractivity contribution < 1.29 is 4.79 Å². The molecule has 1 aliphatic carbocycles. The van der Waals surface area contributed by atoms with E-state index in [1.807, 2.05) is 24.3 Å². The molecule has 0 radical (unpaired) electrons. The Morgan fingerprint density at radius 2 is 1.84 bits per heavy atom. The molecule has 0 aliphatic heterocycles. The molecule has 0 unspecified atom stereocenters. The zero-order valence-electron chi connectivity index (χ0n) is 13.8. The molecule has 1 aromatic carbocycles. The Kier molecular flexibility index (Phi) is 4.53. The summed E-state index contributed by atoms with van der Waals surface area (Å²) in [6.45, 7) is 0. The molecule has 0 saturated heterocycles. The van der Waals surface area contributed by atoms with Crippen molar-refractivity contribution in [2.45, 2.75) is 25.7 Å². The monoisotopic (exact) mass is 346 g/mol. The van der Waals surface area contributed by atoms with Gasteiger partial charge in [0.1, 0.15) is 5.01 Å². The average molecular weight is 346 g/mol. The van der Waals surface area contributed by atoms with E-state index in [0.29, 0.717) is 0 Å². The fourth-order valence-electron chi connectivity index (χ4n) is 3.13. The number of fused-ring (bicyclic) bond motifs is 1. The molecule has 0 N–H and O–H groups in total. The number of carbonyl (C=O) groups is 1. The number of aromatic nitrogens is 2. The number of thiazole rings is 1. The van der Waals surface area contributed by atoms with Gasteiger partial charge in [-0.05, 0) is 67.2 Å². The Morgan fingerprint density at radius 1 is 1.04 bits per heavy atom. The van der Waals surface area contributed by atoms with Gasteiger partial charge in [-0.3, -0.25) is 9.78 Å². The third kappa shape index (κ3) is 3.59. The predicted octanol–water partition coefficient (Wildman–Crippen LogP) is 4.98. The van der Waals surface area contributed by atoms with Crippen molar-refractivity contribution >= 4 is 23.2 Å². The molecule has 3 aromatic rings. The summed E-state index contributed by atoms with van der Waals surface area (Å²) < 4.78 is 0. The third-order valence-electron chi connectivity index (χ3n) is 4.48. The van der Waals surface area contributed by atoms with E-state index in [2.05, 4.69) is 22.1 Å². The second kappa shape index (κ2) is 7.11. The molecule has 0 saturated carbocycles. The first-order chi connectivity index (χ1) is 12.3. The molecule has 0 bridgehead atoms. The van der Waals surface area contributed by atoms with Crippen LogP contribution in [0, 0.1) is 0 Å². The number of pyridine rings is 1. The van der Waals surface area contributed by atoms with E-state index in [9.17, 15) is 4.79 Å². The standard InChI is InChI=1S/C21H18N2OS/c24-20(18-6-5-15-3-1-2-4-17(15)13-18)8-7-19-14-23-21(25-19)16-9-11-22-12-10-16/h5-14H,1-4H2/b8-7+. The quantitative estimate of drug-likeness (QED) is 0.494. The van der Waals surface area contributed by atoms with Crippen molar-refractivity contribution in [3.8, 4) is 10.6 Å². The molecule has 1 aliphatic rings. The zero-order chi connectivity index (χ0) is 17.1. The van der Waals surface area contributed by atoms with E-state index in [4.69, 9.17) is 0 Å². The highest BCUT2D eigenvalue weighted by atomic mass is 32.1. The highest BCUT2D eigenvalue weighted by molar-refractivity contribution is 7.15. The summed E-state index contributed by atoms with van der Waals surface area (Å²) >= 11 is 1.57. The maximum atomic E-state index is 12.5. The molecular formula is C21H18N2OS. The fourth-order valence-corrected chi connectivity index (χ4v) is 3.96. The number of rotatable bonds is 4. The highest BCUT2D eigenvalue weighted by Gasteiger charge is 2.11. The summed E-state index contributed by atoms with van der Waals surface area (Å²) in [5.74, 6) is 0.0484. The van der Waals surface area contributed by atoms with Gasteiger partial charge >= 0.3 is 0 Å². The van der Waals surface area contributed by atoms with Crippen LogP contribution in [0.4, 0.5) is 0 Å². The smallest absolute Gasteiger partial charge is 0.185 e. The molecule has 0 amide bonds. The predicted molar refractivity (Wildman–Crippen MR) is 102 cm³/mol. The number of hydrogen-bond acceptors (Lipinski definition) is 4. The number of benzene rings is 1. The lowest BCUT2D eigenvalue weighted by molar-refractivity contribution is 0.104. The van der Waals surface area contributed by atoms with Gasteiger partial charge in [0, 0.05) is 34.6 Å². The Labute approximate surface area is 151 Å². The summed E-state index contributed by atoms with van der Waals surface area (Å²) in [4.78, 5) is 21.9. The Hall–Kier alpha value is -2.59. The van der Waals surface area contributed by atoms with Gasteiger partial charge in [-0.1, -0.05) is 12.1 Å². The molecule has 25 heavy (non-hydrogen) atoms. The lowest BCUT2D eigenvalue weighted by Gasteiger charge is -2.15. The molecule has 124 valence electrons. The van der Waals surface area contributed by atoms with Crippen molar-refractivity contribution in [1.29, 1.82) is 0 Å². The molecule has 0 atom stereocenters. The number of hydrogen-bond donors (Lipinski definition) is 0. The number of aryl methyl sites for hydroxylation is 2. The van der Waals surface area contributed by atoms with Crippen LogP contribution in [0.3, 0.4) is 0 Å². The minimum atomic E-state index is 0.0484. The topological polar surface area (TPSA) is 42.9 Å². The van der Waals surface area contributed by atoms with E-state index >= 15 is 0 Å². The maximum absolute atomic E-state index is 12.5. The highest BCUT2D eigenvalue weighted by Crippen LogP contribution is 2.26. The summed E-state index contributed by atoms with van der Waals surface area (Å²) in [7, 11) is 0. The Bertz CT molecular complexity index is 928. The zero-order valence-corrected chi connectivity index (χ0v) is 14.6. The van der Waals surface area contributed by atoms with Crippen LogP contribution < -0.4 is 0 Å². The summed E-state index contributed by atoms with van der Waals surface area (Å²) in [6.07, 6.45) is 13.5. The minimum Gasteiger partial charge on any atom is -0.289 e. The van der Waals surface area contributed by atoms with Crippen molar-refractivity contribution in [3.63, 3.8) is 0 Å². The molecule has 0 fully saturated rings. The van der Waals surface area contributed by atoms with Crippen LogP contribution in [0.25, 0.3) is 16.6 Å². The Morgan fingerprint density at radius 3 is 2.68 bits per heavy atom. The van der Waals surface area contributed by atoms with Crippen LogP contribution in [0.5, 0.6) is 0 Å². The lowest BCUT2D eigenvalue weighted by atomic mass is 9.90. The van der Waals surface area contributed by atoms with Gasteiger partial charge in [0.25, 0.3) is 0 Å². The van der Waals surface area contributed by atoms with Crippen LogP contribution in [-0.4, -0.2) is 15.8 Å². The number of ketones is 1. The van der Waals surface area contributed by atoms with Crippen LogP contribution in [0.2, 0.25) is 0 Å². The van der Waals surface area contributed by atoms with Gasteiger partial charge < -0.3 is 0 Å². The number of allylic oxidation sites excluding steroid dienone is 1. The van der Waals surface area contributed by atoms with Crippen molar-refractivity contribution in [2.75, 3.05) is 0 Å². The lowest BCUT2D eigenvalue weighted by Crippen LogP contribution is -2.05. The van der Waals surface area contributed by atoms with E-state index < -0.39 is 0 Å². The van der Waals surface area contributed by atoms with Crippen molar-refractivity contribution in [1.82, 2.24) is 9.97 Å². The molecule has 3 nitrogen and oxygen atoms in total. The van der Waals surface area contributed by atoms with Gasteiger partial charge in [-0.25, -0.2) is 4.98 Å². The van der Waals surface area contributed by atoms with Gasteiger partial charge in [0.15, 0.2) is 5.78 Å². The average Bonchev–Trinajstić information content (AvgIpc) is 3.15. The van der Waals surface area contributed by atoms with E-state index in [1.54, 1.807) is 36.0 Å². The van der Waals surface area contributed by atoms with Crippen molar-refractivity contribution in [2.24, 2.45) is 0 Å². The summed E-state index contributed by atoms with van der Waals surface area (Å²) in [5, 5.41) is 0.934. The largest absolute Gasteiger partial charge is 0.289 e. The molecule has 0 spiro atoms. The molecule has 4 heteroatoms. The maximum Gasteiger partial charge on any atom is 0.185 e. The normalized spacial score (nSPS) is 13.8. The molecule has 4 rings (SSSR count). The van der Waals surface area contributed by atoms with Crippen LogP contribution in [-0.2, 0) is 12.8 Å². The number of nitrogens with zero attached hydrogens (tertiary/aromatic N) is 2. The van der Waals surface area contributed by atoms with Crippen molar-refractivity contribution in [3.05, 3.63) is 76.6 Å². The summed E-state index contributed by atoms with van der Waals surface area (Å²) in [5.41, 5.74) is 4.55. The summed E-state index contributed by atoms with van der Waals surface area (Å²) in [6, 6.07) is 10.0. The first-order valence-electron chi connectivity index (χ1n) is 8.50. The van der Waals surface area contributed by atoms with Gasteiger partial charge in [0.05, 0.1) is 0 Å². The van der Waals surface area contributed by atoms with Crippen LogP contribution in [0.1, 0.15) is 39.2 Å². The number of carbonyl (C=O) groups excluding carboxylic acids is 1. The van der Waals surface area contributed by atoms with Gasteiger partial charge in [-0.2, -0.15) is 0 Å². The first kappa shape index (κ1) is 15.9. The van der Waals surface area contributed by atoms with Crippen LogP contribution in [0.15, 0.2) is 55.0 Å².